The lowest BCUT2D eigenvalue weighted by atomic mass is 10.1. The molecule has 0 saturated heterocycles. The average molecular weight is 229 g/mol. The summed E-state index contributed by atoms with van der Waals surface area (Å²) in [5, 5.41) is 0.0983. The van der Waals surface area contributed by atoms with Crippen LogP contribution in [0.1, 0.15) is 17.3 Å². The van der Waals surface area contributed by atoms with Crippen LogP contribution in [0.25, 0.3) is 0 Å². The van der Waals surface area contributed by atoms with E-state index in [1.807, 2.05) is 0 Å². The fraction of sp³-hybridized carbons (Fsp3) is 0.182. The summed E-state index contributed by atoms with van der Waals surface area (Å²) >= 11 is 5.70. The van der Waals surface area contributed by atoms with Gasteiger partial charge < -0.3 is 4.74 Å². The van der Waals surface area contributed by atoms with Gasteiger partial charge in [0.05, 0.1) is 17.9 Å². The third-order valence-corrected chi connectivity index (χ3v) is 1.99. The zero-order chi connectivity index (χ0) is 11.3. The van der Waals surface area contributed by atoms with Crippen LogP contribution < -0.4 is 0 Å². The van der Waals surface area contributed by atoms with E-state index < -0.39 is 5.82 Å². The van der Waals surface area contributed by atoms with E-state index in [0.29, 0.717) is 6.61 Å². The van der Waals surface area contributed by atoms with E-state index in [2.05, 4.69) is 0 Å². The van der Waals surface area contributed by atoms with E-state index >= 15 is 0 Å². The molecule has 0 aliphatic rings. The molecule has 15 heavy (non-hydrogen) atoms. The maximum absolute atomic E-state index is 12.7. The Kier molecular flexibility index (Phi) is 4.31. The molecule has 1 rings (SSSR count). The third kappa shape index (κ3) is 3.36. The van der Waals surface area contributed by atoms with Gasteiger partial charge in [-0.1, -0.05) is 11.6 Å². The molecule has 0 atom stereocenters. The van der Waals surface area contributed by atoms with Gasteiger partial charge in [0.25, 0.3) is 0 Å². The summed E-state index contributed by atoms with van der Waals surface area (Å²) < 4.78 is 17.5. The largest absolute Gasteiger partial charge is 0.501 e. The van der Waals surface area contributed by atoms with E-state index in [1.54, 1.807) is 6.92 Å². The first-order valence-electron chi connectivity index (χ1n) is 4.42. The van der Waals surface area contributed by atoms with Crippen molar-refractivity contribution in [2.24, 2.45) is 0 Å². The maximum Gasteiger partial charge on any atom is 0.190 e. The number of ketones is 1. The highest BCUT2D eigenvalue weighted by Gasteiger charge is 2.07. The molecular formula is C11H10ClFO2. The minimum absolute atomic E-state index is 0.0983. The number of halogens is 2. The second kappa shape index (κ2) is 5.51. The highest BCUT2D eigenvalue weighted by atomic mass is 35.5. The Balaban J connectivity index is 2.82. The molecule has 4 heteroatoms. The molecular weight excluding hydrogens is 219 g/mol. The van der Waals surface area contributed by atoms with E-state index in [1.165, 1.54) is 24.5 Å². The lowest BCUT2D eigenvalue weighted by molar-refractivity contribution is 0.104. The molecule has 0 N–H and O–H groups in total. The number of hydrogen-bond donors (Lipinski definition) is 0. The van der Waals surface area contributed by atoms with Gasteiger partial charge in [-0.05, 0) is 25.1 Å². The lowest BCUT2D eigenvalue weighted by Crippen LogP contribution is -1.96. The van der Waals surface area contributed by atoms with Gasteiger partial charge in [0.2, 0.25) is 0 Å². The molecule has 0 fully saturated rings. The summed E-state index contributed by atoms with van der Waals surface area (Å²) in [6.07, 6.45) is 2.55. The molecule has 1 aromatic carbocycles. The predicted molar refractivity (Wildman–Crippen MR) is 56.5 cm³/mol. The zero-order valence-electron chi connectivity index (χ0n) is 8.17. The van der Waals surface area contributed by atoms with Gasteiger partial charge in [-0.3, -0.25) is 4.79 Å². The molecule has 0 radical (unpaired) electrons. The molecule has 0 saturated carbocycles. The summed E-state index contributed by atoms with van der Waals surface area (Å²) in [5.74, 6) is -0.779. The van der Waals surface area contributed by atoms with Crippen molar-refractivity contribution < 1.29 is 13.9 Å². The van der Waals surface area contributed by atoms with Crippen molar-refractivity contribution in [3.8, 4) is 0 Å². The standard InChI is InChI=1S/C11H10ClFO2/c1-2-15-6-5-11(14)9-4-3-8(13)7-10(9)12/h3-7H,2H2,1H3/b6-5+. The molecule has 0 aliphatic carbocycles. The van der Waals surface area contributed by atoms with Crippen LogP contribution in [-0.4, -0.2) is 12.4 Å². The highest BCUT2D eigenvalue weighted by Crippen LogP contribution is 2.17. The third-order valence-electron chi connectivity index (χ3n) is 1.68. The molecule has 2 nitrogen and oxygen atoms in total. The van der Waals surface area contributed by atoms with Crippen molar-refractivity contribution in [1.29, 1.82) is 0 Å². The Bertz CT molecular complexity index is 388. The fourth-order valence-corrected chi connectivity index (χ4v) is 1.25. The Morgan fingerprint density at radius 3 is 2.93 bits per heavy atom. The van der Waals surface area contributed by atoms with Crippen LogP contribution in [0.5, 0.6) is 0 Å². The van der Waals surface area contributed by atoms with Gasteiger partial charge in [-0.25, -0.2) is 4.39 Å². The van der Waals surface area contributed by atoms with Gasteiger partial charge in [-0.15, -0.1) is 0 Å². The maximum atomic E-state index is 12.7. The van der Waals surface area contributed by atoms with Crippen LogP contribution in [0.3, 0.4) is 0 Å². The van der Waals surface area contributed by atoms with Crippen LogP contribution in [0, 0.1) is 5.82 Å². The number of carbonyl (C=O) groups excluding carboxylic acids is 1. The SMILES string of the molecule is CCO/C=C/C(=O)c1ccc(F)cc1Cl. The van der Waals surface area contributed by atoms with E-state index in [4.69, 9.17) is 16.3 Å². The highest BCUT2D eigenvalue weighted by molar-refractivity contribution is 6.34. The number of rotatable bonds is 4. The molecule has 0 aromatic heterocycles. The zero-order valence-corrected chi connectivity index (χ0v) is 8.92. The lowest BCUT2D eigenvalue weighted by Gasteiger charge is -1.99. The molecule has 0 unspecified atom stereocenters. The van der Waals surface area contributed by atoms with Crippen LogP contribution in [0.2, 0.25) is 5.02 Å². The number of hydrogen-bond acceptors (Lipinski definition) is 2. The summed E-state index contributed by atoms with van der Waals surface area (Å²) in [4.78, 5) is 11.5. The second-order valence-electron chi connectivity index (χ2n) is 2.75. The average Bonchev–Trinajstić information content (AvgIpc) is 2.17. The summed E-state index contributed by atoms with van der Waals surface area (Å²) in [6, 6.07) is 3.63. The van der Waals surface area contributed by atoms with E-state index in [-0.39, 0.29) is 16.4 Å². The quantitative estimate of drug-likeness (QED) is 0.449. The monoisotopic (exact) mass is 228 g/mol. The smallest absolute Gasteiger partial charge is 0.190 e. The summed E-state index contributed by atoms with van der Waals surface area (Å²) in [5.41, 5.74) is 0.258. The molecule has 1 aromatic rings. The van der Waals surface area contributed by atoms with Crippen LogP contribution in [-0.2, 0) is 4.74 Å². The van der Waals surface area contributed by atoms with Crippen molar-refractivity contribution in [2.45, 2.75) is 6.92 Å². The molecule has 0 amide bonds. The summed E-state index contributed by atoms with van der Waals surface area (Å²) in [6.45, 7) is 2.29. The molecule has 0 bridgehead atoms. The molecule has 0 aliphatic heterocycles. The Morgan fingerprint density at radius 2 is 2.33 bits per heavy atom. The van der Waals surface area contributed by atoms with Crippen LogP contribution >= 0.6 is 11.6 Å². The summed E-state index contributed by atoms with van der Waals surface area (Å²) in [7, 11) is 0. The van der Waals surface area contributed by atoms with Gasteiger partial charge in [-0.2, -0.15) is 0 Å². The van der Waals surface area contributed by atoms with Gasteiger partial charge in [0.15, 0.2) is 5.78 Å². The van der Waals surface area contributed by atoms with E-state index in [0.717, 1.165) is 6.07 Å². The van der Waals surface area contributed by atoms with Crippen molar-refractivity contribution in [3.63, 3.8) is 0 Å². The first-order chi connectivity index (χ1) is 7.15. The number of allylic oxidation sites excluding steroid dienone is 1. The van der Waals surface area contributed by atoms with Crippen molar-refractivity contribution >= 4 is 17.4 Å². The molecule has 0 spiro atoms. The minimum Gasteiger partial charge on any atom is -0.501 e. The Morgan fingerprint density at radius 1 is 1.60 bits per heavy atom. The Labute approximate surface area is 92.3 Å². The minimum atomic E-state index is -0.467. The second-order valence-corrected chi connectivity index (χ2v) is 3.15. The number of carbonyl (C=O) groups is 1. The first kappa shape index (κ1) is 11.7. The van der Waals surface area contributed by atoms with E-state index in [9.17, 15) is 9.18 Å². The topological polar surface area (TPSA) is 26.3 Å². The number of benzene rings is 1. The number of ether oxygens (including phenoxy) is 1. The first-order valence-corrected chi connectivity index (χ1v) is 4.80. The van der Waals surface area contributed by atoms with Crippen LogP contribution in [0.4, 0.5) is 4.39 Å². The van der Waals surface area contributed by atoms with Crippen molar-refractivity contribution in [1.82, 2.24) is 0 Å². The van der Waals surface area contributed by atoms with Gasteiger partial charge in [0.1, 0.15) is 5.82 Å². The predicted octanol–water partition coefficient (Wildman–Crippen LogP) is 3.21. The normalized spacial score (nSPS) is 10.6. The van der Waals surface area contributed by atoms with Gasteiger partial charge in [0, 0.05) is 11.6 Å². The Hall–Kier alpha value is -1.35. The van der Waals surface area contributed by atoms with Gasteiger partial charge >= 0.3 is 0 Å². The van der Waals surface area contributed by atoms with Crippen molar-refractivity contribution in [3.05, 3.63) is 46.9 Å². The fourth-order valence-electron chi connectivity index (χ4n) is 0.985. The van der Waals surface area contributed by atoms with Crippen molar-refractivity contribution in [2.75, 3.05) is 6.61 Å². The molecule has 0 heterocycles. The molecule has 80 valence electrons. The van der Waals surface area contributed by atoms with Crippen LogP contribution in [0.15, 0.2) is 30.5 Å².